The predicted molar refractivity (Wildman–Crippen MR) is 133 cm³/mol. The minimum atomic E-state index is -0.298. The molecule has 9 heteroatoms. The van der Waals surface area contributed by atoms with Gasteiger partial charge < -0.3 is 24.4 Å². The molecule has 2 atom stereocenters. The monoisotopic (exact) mass is 573 g/mol. The van der Waals surface area contributed by atoms with E-state index in [0.29, 0.717) is 38.4 Å². The number of fused-ring (bicyclic) bond motifs is 1. The Morgan fingerprint density at radius 3 is 2.70 bits per heavy atom. The average molecular weight is 573 g/mol. The van der Waals surface area contributed by atoms with Gasteiger partial charge in [-0.25, -0.2) is 8.78 Å². The summed E-state index contributed by atoms with van der Waals surface area (Å²) in [5.41, 5.74) is 2.46. The summed E-state index contributed by atoms with van der Waals surface area (Å²) in [5, 5.41) is 3.35. The zero-order valence-electron chi connectivity index (χ0n) is 18.9. The molecule has 33 heavy (non-hydrogen) atoms. The lowest BCUT2D eigenvalue weighted by Crippen LogP contribution is -2.50. The molecular formula is C24H30F2IN3O3. The number of ether oxygens (including phenoxy) is 3. The molecule has 0 spiro atoms. The highest BCUT2D eigenvalue weighted by molar-refractivity contribution is 14.0. The summed E-state index contributed by atoms with van der Waals surface area (Å²) in [7, 11) is 0. The van der Waals surface area contributed by atoms with Gasteiger partial charge in [0.1, 0.15) is 23.5 Å². The van der Waals surface area contributed by atoms with E-state index in [1.165, 1.54) is 24.3 Å². The van der Waals surface area contributed by atoms with Crippen LogP contribution in [0.15, 0.2) is 41.4 Å². The van der Waals surface area contributed by atoms with E-state index in [2.05, 4.69) is 10.2 Å². The number of morpholine rings is 1. The largest absolute Gasteiger partial charge is 0.467 e. The number of nitrogens with one attached hydrogen (secondary N) is 1. The molecule has 2 heterocycles. The highest BCUT2D eigenvalue weighted by Gasteiger charge is 2.28. The first kappa shape index (κ1) is 25.6. The molecule has 4 rings (SSSR count). The Kier molecular flexibility index (Phi) is 9.27. The maximum Gasteiger partial charge on any atom is 0.194 e. The Morgan fingerprint density at radius 1 is 1.15 bits per heavy atom. The summed E-state index contributed by atoms with van der Waals surface area (Å²) in [6.07, 6.45) is 0.370. The van der Waals surface area contributed by atoms with Gasteiger partial charge in [-0.15, -0.1) is 24.0 Å². The fraction of sp³-hybridized carbons (Fsp3) is 0.458. The number of nitrogens with zero attached hydrogens (tertiary/aromatic N) is 2. The fourth-order valence-corrected chi connectivity index (χ4v) is 4.14. The summed E-state index contributed by atoms with van der Waals surface area (Å²) >= 11 is 0. The van der Waals surface area contributed by atoms with Crippen molar-refractivity contribution in [3.63, 3.8) is 0 Å². The zero-order chi connectivity index (χ0) is 22.5. The standard InChI is InChI=1S/C24H29F2N3O3.HI/c1-3-27-24(28-9-8-18-10-21(26)11-19-14-30-15-31-23(18)19)29-12-16(2)32-22(13-29)17-4-6-20(25)7-5-17;/h4-7,10-11,16,22H,3,8-9,12-15H2,1-2H3,(H,27,28);1H. The molecule has 6 nitrogen and oxygen atoms in total. The number of hydrogen-bond acceptors (Lipinski definition) is 4. The molecule has 180 valence electrons. The van der Waals surface area contributed by atoms with Crippen molar-refractivity contribution in [2.45, 2.75) is 39.1 Å². The van der Waals surface area contributed by atoms with E-state index in [4.69, 9.17) is 19.2 Å². The van der Waals surface area contributed by atoms with E-state index in [9.17, 15) is 8.78 Å². The predicted octanol–water partition coefficient (Wildman–Crippen LogP) is 4.42. The molecular weight excluding hydrogens is 543 g/mol. The first-order valence-corrected chi connectivity index (χ1v) is 11.0. The van der Waals surface area contributed by atoms with Crippen LogP contribution in [0.4, 0.5) is 8.78 Å². The van der Waals surface area contributed by atoms with E-state index in [-0.39, 0.29) is 54.6 Å². The molecule has 2 unspecified atom stereocenters. The van der Waals surface area contributed by atoms with Gasteiger partial charge in [-0.3, -0.25) is 4.99 Å². The van der Waals surface area contributed by atoms with Crippen LogP contribution in [0.5, 0.6) is 5.75 Å². The number of halogens is 3. The highest BCUT2D eigenvalue weighted by atomic mass is 127. The summed E-state index contributed by atoms with van der Waals surface area (Å²) in [5.74, 6) is 0.922. The van der Waals surface area contributed by atoms with Crippen molar-refractivity contribution in [2.24, 2.45) is 4.99 Å². The second-order valence-electron chi connectivity index (χ2n) is 8.04. The number of benzene rings is 2. The van der Waals surface area contributed by atoms with Gasteiger partial charge in [0.25, 0.3) is 0 Å². The minimum Gasteiger partial charge on any atom is -0.467 e. The van der Waals surface area contributed by atoms with Gasteiger partial charge in [0, 0.05) is 25.2 Å². The molecule has 2 aromatic rings. The Bertz CT molecular complexity index is 959. The van der Waals surface area contributed by atoms with Crippen molar-refractivity contribution in [2.75, 3.05) is 33.0 Å². The molecule has 2 aliphatic heterocycles. The van der Waals surface area contributed by atoms with Crippen molar-refractivity contribution in [3.05, 3.63) is 64.7 Å². The van der Waals surface area contributed by atoms with E-state index in [1.54, 1.807) is 12.1 Å². The van der Waals surface area contributed by atoms with Crippen LogP contribution >= 0.6 is 24.0 Å². The van der Waals surface area contributed by atoms with Gasteiger partial charge in [-0.1, -0.05) is 12.1 Å². The van der Waals surface area contributed by atoms with E-state index < -0.39 is 0 Å². The molecule has 0 saturated carbocycles. The van der Waals surface area contributed by atoms with E-state index in [1.807, 2.05) is 13.8 Å². The highest BCUT2D eigenvalue weighted by Crippen LogP contribution is 2.30. The lowest BCUT2D eigenvalue weighted by Gasteiger charge is -2.38. The van der Waals surface area contributed by atoms with Crippen LogP contribution in [0, 0.1) is 11.6 Å². The third kappa shape index (κ3) is 6.54. The van der Waals surface area contributed by atoms with Gasteiger partial charge in [-0.05, 0) is 55.7 Å². The van der Waals surface area contributed by atoms with Gasteiger partial charge >= 0.3 is 0 Å². The number of aliphatic imine (C=N–C) groups is 1. The van der Waals surface area contributed by atoms with Crippen LogP contribution < -0.4 is 10.1 Å². The van der Waals surface area contributed by atoms with Crippen LogP contribution in [0.1, 0.15) is 36.6 Å². The number of guanidine groups is 1. The quantitative estimate of drug-likeness (QED) is 0.326. The third-order valence-electron chi connectivity index (χ3n) is 5.53. The van der Waals surface area contributed by atoms with E-state index in [0.717, 1.165) is 29.2 Å². The fourth-order valence-electron chi connectivity index (χ4n) is 4.14. The summed E-state index contributed by atoms with van der Waals surface area (Å²) in [4.78, 5) is 6.96. The van der Waals surface area contributed by atoms with Gasteiger partial charge in [0.2, 0.25) is 0 Å². The summed E-state index contributed by atoms with van der Waals surface area (Å²) < 4.78 is 44.3. The van der Waals surface area contributed by atoms with Crippen molar-refractivity contribution in [1.82, 2.24) is 10.2 Å². The molecule has 2 aliphatic rings. The average Bonchev–Trinajstić information content (AvgIpc) is 2.78. The van der Waals surface area contributed by atoms with Crippen molar-refractivity contribution < 1.29 is 23.0 Å². The lowest BCUT2D eigenvalue weighted by atomic mass is 10.1. The molecule has 0 bridgehead atoms. The number of hydrogen-bond donors (Lipinski definition) is 1. The Morgan fingerprint density at radius 2 is 1.94 bits per heavy atom. The second kappa shape index (κ2) is 11.9. The van der Waals surface area contributed by atoms with Crippen LogP contribution in [0.2, 0.25) is 0 Å². The molecule has 0 aromatic heterocycles. The molecule has 0 amide bonds. The first-order valence-electron chi connectivity index (χ1n) is 11.0. The van der Waals surface area contributed by atoms with Crippen LogP contribution in [-0.2, 0) is 22.5 Å². The Hall–Kier alpha value is -1.98. The maximum atomic E-state index is 14.0. The van der Waals surface area contributed by atoms with Crippen LogP contribution in [-0.4, -0.2) is 49.9 Å². The smallest absolute Gasteiger partial charge is 0.194 e. The van der Waals surface area contributed by atoms with Gasteiger partial charge in [-0.2, -0.15) is 0 Å². The third-order valence-corrected chi connectivity index (χ3v) is 5.53. The Labute approximate surface area is 210 Å². The summed E-state index contributed by atoms with van der Waals surface area (Å²) in [6.45, 7) is 7.07. The van der Waals surface area contributed by atoms with Crippen LogP contribution in [0.25, 0.3) is 0 Å². The molecule has 0 aliphatic carbocycles. The first-order chi connectivity index (χ1) is 15.5. The topological polar surface area (TPSA) is 55.3 Å². The van der Waals surface area contributed by atoms with Gasteiger partial charge in [0.15, 0.2) is 12.8 Å². The molecule has 0 radical (unpaired) electrons. The van der Waals surface area contributed by atoms with Crippen LogP contribution in [0.3, 0.4) is 0 Å². The normalized spacial score (nSPS) is 20.5. The molecule has 1 fully saturated rings. The maximum absolute atomic E-state index is 14.0. The minimum absolute atomic E-state index is 0. The zero-order valence-corrected chi connectivity index (χ0v) is 21.2. The Balaban J connectivity index is 0.00000306. The molecule has 2 aromatic carbocycles. The molecule has 1 saturated heterocycles. The van der Waals surface area contributed by atoms with Crippen molar-refractivity contribution in [3.8, 4) is 5.75 Å². The number of rotatable bonds is 5. The van der Waals surface area contributed by atoms with Gasteiger partial charge in [0.05, 0.1) is 19.3 Å². The lowest BCUT2D eigenvalue weighted by molar-refractivity contribution is -0.0605. The van der Waals surface area contributed by atoms with Crippen molar-refractivity contribution >= 4 is 29.9 Å². The van der Waals surface area contributed by atoms with Crippen molar-refractivity contribution in [1.29, 1.82) is 0 Å². The SMILES string of the molecule is CCNC(=NCCc1cc(F)cc2c1OCOC2)N1CC(C)OC(c2ccc(F)cc2)C1.I. The summed E-state index contributed by atoms with van der Waals surface area (Å²) in [6, 6.07) is 9.39. The molecule has 1 N–H and O–H groups in total. The van der Waals surface area contributed by atoms with E-state index >= 15 is 0 Å². The second-order valence-corrected chi connectivity index (χ2v) is 8.04.